The van der Waals surface area contributed by atoms with Gasteiger partial charge in [-0.15, -0.1) is 0 Å². The highest BCUT2D eigenvalue weighted by atomic mass is 79.9. The second-order valence-corrected chi connectivity index (χ2v) is 3.48. The summed E-state index contributed by atoms with van der Waals surface area (Å²) in [5, 5.41) is 0. The first-order valence-electron chi connectivity index (χ1n) is 3.77. The van der Waals surface area contributed by atoms with E-state index >= 15 is 0 Å². The number of hydrogen-bond acceptors (Lipinski definition) is 4. The number of rotatable bonds is 2. The number of nitrogens with two attached hydrogens (primary N) is 1. The van der Waals surface area contributed by atoms with Crippen LogP contribution in [0, 0.1) is 0 Å². The standard InChI is InChI=1S/C8H9BrN2O3/c1-14-7(12)4-11-3-5(10)2-6(9)8(11)13/h2-3H,4,10H2,1H3. The van der Waals surface area contributed by atoms with Crippen LogP contribution in [0.4, 0.5) is 5.69 Å². The van der Waals surface area contributed by atoms with Crippen LogP contribution in [0.25, 0.3) is 0 Å². The molecule has 0 radical (unpaired) electrons. The lowest BCUT2D eigenvalue weighted by Crippen LogP contribution is -2.25. The van der Waals surface area contributed by atoms with E-state index in [0.717, 1.165) is 0 Å². The van der Waals surface area contributed by atoms with Crippen molar-refractivity contribution in [3.63, 3.8) is 0 Å². The first-order chi connectivity index (χ1) is 6.54. The topological polar surface area (TPSA) is 74.3 Å². The van der Waals surface area contributed by atoms with Gasteiger partial charge in [-0.25, -0.2) is 0 Å². The minimum atomic E-state index is -0.496. The van der Waals surface area contributed by atoms with Crippen molar-refractivity contribution in [1.29, 1.82) is 0 Å². The summed E-state index contributed by atoms with van der Waals surface area (Å²) in [6.07, 6.45) is 1.39. The zero-order valence-corrected chi connectivity index (χ0v) is 9.08. The first kappa shape index (κ1) is 10.8. The quantitative estimate of drug-likeness (QED) is 0.780. The number of anilines is 1. The fourth-order valence-corrected chi connectivity index (χ4v) is 1.43. The second kappa shape index (κ2) is 4.28. The van der Waals surface area contributed by atoms with Crippen LogP contribution in [0.2, 0.25) is 0 Å². The molecule has 2 N–H and O–H groups in total. The van der Waals surface area contributed by atoms with Crippen LogP contribution in [0.1, 0.15) is 0 Å². The highest BCUT2D eigenvalue weighted by molar-refractivity contribution is 9.10. The molecule has 1 aromatic rings. The van der Waals surface area contributed by atoms with Crippen molar-refractivity contribution in [3.05, 3.63) is 27.1 Å². The molecule has 0 aliphatic rings. The molecule has 0 amide bonds. The Morgan fingerprint density at radius 2 is 2.36 bits per heavy atom. The fraction of sp³-hybridized carbons (Fsp3) is 0.250. The fourth-order valence-electron chi connectivity index (χ4n) is 0.942. The average Bonchev–Trinajstić information content (AvgIpc) is 2.13. The second-order valence-electron chi connectivity index (χ2n) is 2.63. The summed E-state index contributed by atoms with van der Waals surface area (Å²) in [6, 6.07) is 1.48. The van der Waals surface area contributed by atoms with Gasteiger partial charge in [0.05, 0.1) is 11.6 Å². The number of hydrogen-bond donors (Lipinski definition) is 1. The highest BCUT2D eigenvalue weighted by Gasteiger charge is 2.07. The van der Waals surface area contributed by atoms with Crippen LogP contribution in [-0.4, -0.2) is 17.6 Å². The van der Waals surface area contributed by atoms with E-state index in [1.165, 1.54) is 23.9 Å². The van der Waals surface area contributed by atoms with E-state index in [4.69, 9.17) is 5.73 Å². The van der Waals surface area contributed by atoms with Gasteiger partial charge < -0.3 is 15.0 Å². The Kier molecular flexibility index (Phi) is 3.29. The molecule has 1 rings (SSSR count). The van der Waals surface area contributed by atoms with Gasteiger partial charge in [-0.3, -0.25) is 9.59 Å². The Balaban J connectivity index is 3.09. The summed E-state index contributed by atoms with van der Waals surface area (Å²) in [5.41, 5.74) is 5.59. The summed E-state index contributed by atoms with van der Waals surface area (Å²) in [5.74, 6) is -0.496. The first-order valence-corrected chi connectivity index (χ1v) is 4.56. The summed E-state index contributed by atoms with van der Waals surface area (Å²) in [4.78, 5) is 22.3. The zero-order chi connectivity index (χ0) is 10.7. The lowest BCUT2D eigenvalue weighted by Gasteiger charge is -2.05. The van der Waals surface area contributed by atoms with Gasteiger partial charge in [0.2, 0.25) is 0 Å². The van der Waals surface area contributed by atoms with E-state index in [1.807, 2.05) is 0 Å². The van der Waals surface area contributed by atoms with Crippen LogP contribution < -0.4 is 11.3 Å². The predicted molar refractivity (Wildman–Crippen MR) is 54.8 cm³/mol. The molecular weight excluding hydrogens is 252 g/mol. The largest absolute Gasteiger partial charge is 0.468 e. The van der Waals surface area contributed by atoms with Crippen LogP contribution in [0.3, 0.4) is 0 Å². The molecule has 14 heavy (non-hydrogen) atoms. The van der Waals surface area contributed by atoms with E-state index in [-0.39, 0.29) is 12.1 Å². The molecule has 1 aromatic heterocycles. The number of nitrogens with zero attached hydrogens (tertiary/aromatic N) is 1. The third kappa shape index (κ3) is 2.35. The highest BCUT2D eigenvalue weighted by Crippen LogP contribution is 2.07. The van der Waals surface area contributed by atoms with Gasteiger partial charge in [0, 0.05) is 11.9 Å². The number of pyridine rings is 1. The molecule has 0 atom stereocenters. The maximum Gasteiger partial charge on any atom is 0.325 e. The van der Waals surface area contributed by atoms with E-state index in [2.05, 4.69) is 20.7 Å². The monoisotopic (exact) mass is 260 g/mol. The molecule has 0 bridgehead atoms. The molecule has 5 nitrogen and oxygen atoms in total. The molecule has 0 saturated carbocycles. The van der Waals surface area contributed by atoms with Gasteiger partial charge in [-0.05, 0) is 22.0 Å². The Hall–Kier alpha value is -1.30. The van der Waals surface area contributed by atoms with E-state index in [0.29, 0.717) is 10.2 Å². The maximum absolute atomic E-state index is 11.4. The summed E-state index contributed by atoms with van der Waals surface area (Å²) in [7, 11) is 1.26. The van der Waals surface area contributed by atoms with Gasteiger partial charge >= 0.3 is 5.97 Å². The number of aromatic nitrogens is 1. The number of esters is 1. The molecule has 0 aromatic carbocycles. The van der Waals surface area contributed by atoms with E-state index < -0.39 is 5.97 Å². The lowest BCUT2D eigenvalue weighted by atomic mass is 10.4. The van der Waals surface area contributed by atoms with Gasteiger partial charge in [-0.1, -0.05) is 0 Å². The van der Waals surface area contributed by atoms with Crippen molar-refractivity contribution in [1.82, 2.24) is 4.57 Å². The molecule has 0 saturated heterocycles. The number of nitrogen functional groups attached to an aromatic ring is 1. The van der Waals surface area contributed by atoms with Gasteiger partial charge in [0.25, 0.3) is 5.56 Å². The van der Waals surface area contributed by atoms with E-state index in [1.54, 1.807) is 0 Å². The van der Waals surface area contributed by atoms with Gasteiger partial charge in [0.1, 0.15) is 6.54 Å². The number of carbonyl (C=O) groups is 1. The Morgan fingerprint density at radius 3 is 2.93 bits per heavy atom. The van der Waals surface area contributed by atoms with Crippen molar-refractivity contribution < 1.29 is 9.53 Å². The van der Waals surface area contributed by atoms with Crippen LogP contribution in [0.15, 0.2) is 21.5 Å². The van der Waals surface area contributed by atoms with Crippen molar-refractivity contribution in [3.8, 4) is 0 Å². The number of methoxy groups -OCH3 is 1. The summed E-state index contributed by atoms with van der Waals surface area (Å²) in [6.45, 7) is -0.140. The minimum Gasteiger partial charge on any atom is -0.468 e. The van der Waals surface area contributed by atoms with Crippen LogP contribution in [-0.2, 0) is 16.1 Å². The third-order valence-electron chi connectivity index (χ3n) is 1.59. The maximum atomic E-state index is 11.4. The normalized spacial score (nSPS) is 9.86. The molecule has 0 aliphatic carbocycles. The number of halogens is 1. The van der Waals surface area contributed by atoms with Crippen molar-refractivity contribution >= 4 is 27.6 Å². The summed E-state index contributed by atoms with van der Waals surface area (Å²) < 4.78 is 5.94. The van der Waals surface area contributed by atoms with Gasteiger partial charge in [0.15, 0.2) is 0 Å². The number of carbonyl (C=O) groups excluding carboxylic acids is 1. The van der Waals surface area contributed by atoms with Crippen molar-refractivity contribution in [2.45, 2.75) is 6.54 Å². The zero-order valence-electron chi connectivity index (χ0n) is 7.49. The molecule has 0 aliphatic heterocycles. The Morgan fingerprint density at radius 1 is 1.71 bits per heavy atom. The molecule has 0 fully saturated rings. The third-order valence-corrected chi connectivity index (χ3v) is 2.16. The Labute approximate surface area is 88.6 Å². The molecule has 0 spiro atoms. The Bertz CT molecular complexity index is 414. The van der Waals surface area contributed by atoms with E-state index in [9.17, 15) is 9.59 Å². The number of ether oxygens (including phenoxy) is 1. The summed E-state index contributed by atoms with van der Waals surface area (Å²) >= 11 is 3.04. The predicted octanol–water partition coefficient (Wildman–Crippen LogP) is 0.366. The molecule has 6 heteroatoms. The van der Waals surface area contributed by atoms with Crippen LogP contribution >= 0.6 is 15.9 Å². The molecule has 0 unspecified atom stereocenters. The molecule has 1 heterocycles. The average molecular weight is 261 g/mol. The SMILES string of the molecule is COC(=O)Cn1cc(N)cc(Br)c1=O. The molecule has 76 valence electrons. The van der Waals surface area contributed by atoms with Crippen molar-refractivity contribution in [2.24, 2.45) is 0 Å². The smallest absolute Gasteiger partial charge is 0.325 e. The minimum absolute atomic E-state index is 0.140. The van der Waals surface area contributed by atoms with Gasteiger partial charge in [-0.2, -0.15) is 0 Å². The van der Waals surface area contributed by atoms with Crippen LogP contribution in [0.5, 0.6) is 0 Å². The van der Waals surface area contributed by atoms with Crippen molar-refractivity contribution in [2.75, 3.05) is 12.8 Å². The molecular formula is C8H9BrN2O3. The lowest BCUT2D eigenvalue weighted by molar-refractivity contribution is -0.141.